The van der Waals surface area contributed by atoms with Crippen LogP contribution >= 0.6 is 15.9 Å². The van der Waals surface area contributed by atoms with Crippen LogP contribution in [0.3, 0.4) is 0 Å². The highest BCUT2D eigenvalue weighted by molar-refractivity contribution is 9.10. The van der Waals surface area contributed by atoms with Crippen LogP contribution in [0.2, 0.25) is 0 Å². The van der Waals surface area contributed by atoms with Crippen LogP contribution < -0.4 is 10.1 Å². The van der Waals surface area contributed by atoms with Gasteiger partial charge in [-0.1, -0.05) is 34.1 Å². The Labute approximate surface area is 155 Å². The minimum atomic E-state index is -0.557. The van der Waals surface area contributed by atoms with Crippen molar-refractivity contribution in [2.24, 2.45) is 0 Å². The fourth-order valence-corrected chi connectivity index (χ4v) is 3.89. The lowest BCUT2D eigenvalue weighted by Gasteiger charge is -2.19. The number of para-hydroxylation sites is 1. The number of nitrogens with zero attached hydrogens (tertiary/aromatic N) is 1. The third-order valence-electron chi connectivity index (χ3n) is 4.67. The lowest BCUT2D eigenvalue weighted by Crippen LogP contribution is -2.28. The van der Waals surface area contributed by atoms with Gasteiger partial charge in [0, 0.05) is 40.6 Å². The molecule has 0 amide bonds. The molecule has 0 spiro atoms. The van der Waals surface area contributed by atoms with Gasteiger partial charge in [-0.3, -0.25) is 0 Å². The summed E-state index contributed by atoms with van der Waals surface area (Å²) in [7, 11) is 0. The third-order valence-corrected chi connectivity index (χ3v) is 5.16. The number of rotatable bonds is 5. The highest BCUT2D eigenvalue weighted by Gasteiger charge is 2.21. The predicted octanol–water partition coefficient (Wildman–Crippen LogP) is 3.49. The maximum absolute atomic E-state index is 10.5. The van der Waals surface area contributed by atoms with Gasteiger partial charge in [0.05, 0.1) is 6.54 Å². The molecule has 2 N–H and O–H groups in total. The number of hydrogen-bond acceptors (Lipinski definition) is 3. The van der Waals surface area contributed by atoms with E-state index in [4.69, 9.17) is 4.74 Å². The summed E-state index contributed by atoms with van der Waals surface area (Å²) in [6.07, 6.45) is 0.423. The molecule has 2 aromatic carbocycles. The van der Waals surface area contributed by atoms with Crippen LogP contribution in [0.1, 0.15) is 11.3 Å². The molecule has 1 aliphatic rings. The number of benzene rings is 2. The van der Waals surface area contributed by atoms with E-state index in [1.165, 1.54) is 22.2 Å². The van der Waals surface area contributed by atoms with Crippen molar-refractivity contribution in [2.45, 2.75) is 25.6 Å². The highest BCUT2D eigenvalue weighted by atomic mass is 79.9. The Balaban J connectivity index is 1.58. The van der Waals surface area contributed by atoms with Crippen molar-refractivity contribution in [3.63, 3.8) is 0 Å². The molecule has 25 heavy (non-hydrogen) atoms. The standard InChI is InChI=1S/C20H21BrN2O2/c21-14-6-7-19-17(10-14)18-11-22-9-8-20(18)23(19)12-15(24)13-25-16-4-2-1-3-5-16/h1-7,10,15,22,24H,8-9,11-13H2. The molecule has 1 aromatic heterocycles. The SMILES string of the molecule is OC(COc1ccccc1)Cn1c2c(c3cc(Br)ccc31)CNCC2. The topological polar surface area (TPSA) is 46.4 Å². The molecule has 2 heterocycles. The minimum absolute atomic E-state index is 0.285. The Morgan fingerprint density at radius 1 is 1.20 bits per heavy atom. The van der Waals surface area contributed by atoms with Gasteiger partial charge >= 0.3 is 0 Å². The summed E-state index contributed by atoms with van der Waals surface area (Å²) < 4.78 is 9.05. The van der Waals surface area contributed by atoms with Gasteiger partial charge < -0.3 is 19.7 Å². The average Bonchev–Trinajstić information content (AvgIpc) is 2.94. The molecule has 4 rings (SSSR count). The Morgan fingerprint density at radius 3 is 2.88 bits per heavy atom. The van der Waals surface area contributed by atoms with Crippen LogP contribution in [-0.4, -0.2) is 28.9 Å². The molecular weight excluding hydrogens is 380 g/mol. The molecular formula is C20H21BrN2O2. The first-order chi connectivity index (χ1) is 12.2. The first-order valence-electron chi connectivity index (χ1n) is 8.58. The molecule has 0 radical (unpaired) electrons. The molecule has 0 saturated heterocycles. The Kier molecular flexibility index (Phi) is 4.79. The van der Waals surface area contributed by atoms with Gasteiger partial charge in [-0.05, 0) is 35.9 Å². The van der Waals surface area contributed by atoms with Crippen molar-refractivity contribution in [3.8, 4) is 5.75 Å². The third kappa shape index (κ3) is 3.45. The van der Waals surface area contributed by atoms with E-state index in [1.807, 2.05) is 30.3 Å². The predicted molar refractivity (Wildman–Crippen MR) is 103 cm³/mol. The second-order valence-electron chi connectivity index (χ2n) is 6.40. The molecule has 1 atom stereocenters. The number of ether oxygens (including phenoxy) is 1. The van der Waals surface area contributed by atoms with Crippen LogP contribution in [0, 0.1) is 0 Å². The summed E-state index contributed by atoms with van der Waals surface area (Å²) in [6.45, 7) is 2.68. The second kappa shape index (κ2) is 7.20. The van der Waals surface area contributed by atoms with Gasteiger partial charge in [0.1, 0.15) is 18.5 Å². The lowest BCUT2D eigenvalue weighted by atomic mass is 10.1. The van der Waals surface area contributed by atoms with E-state index in [9.17, 15) is 5.11 Å². The quantitative estimate of drug-likeness (QED) is 0.688. The zero-order valence-corrected chi connectivity index (χ0v) is 15.5. The molecule has 0 fully saturated rings. The number of aliphatic hydroxyl groups excluding tert-OH is 1. The lowest BCUT2D eigenvalue weighted by molar-refractivity contribution is 0.0928. The smallest absolute Gasteiger partial charge is 0.119 e. The van der Waals surface area contributed by atoms with Gasteiger partial charge in [0.25, 0.3) is 0 Å². The summed E-state index contributed by atoms with van der Waals surface area (Å²) in [4.78, 5) is 0. The van der Waals surface area contributed by atoms with Crippen LogP contribution in [0.5, 0.6) is 5.75 Å². The maximum Gasteiger partial charge on any atom is 0.119 e. The first-order valence-corrected chi connectivity index (χ1v) is 9.38. The number of aliphatic hydroxyl groups is 1. The molecule has 130 valence electrons. The summed E-state index contributed by atoms with van der Waals surface area (Å²) in [5.41, 5.74) is 3.85. The number of fused-ring (bicyclic) bond motifs is 3. The van der Waals surface area contributed by atoms with Crippen LogP contribution in [0.25, 0.3) is 10.9 Å². The van der Waals surface area contributed by atoms with Gasteiger partial charge in [0.2, 0.25) is 0 Å². The average molecular weight is 401 g/mol. The van der Waals surface area contributed by atoms with Crippen LogP contribution in [0.15, 0.2) is 53.0 Å². The van der Waals surface area contributed by atoms with Crippen molar-refractivity contribution in [2.75, 3.05) is 13.2 Å². The molecule has 0 saturated carbocycles. The van der Waals surface area contributed by atoms with Crippen molar-refractivity contribution < 1.29 is 9.84 Å². The van der Waals surface area contributed by atoms with Crippen LogP contribution in [-0.2, 0) is 19.5 Å². The fourth-order valence-electron chi connectivity index (χ4n) is 3.53. The number of aromatic nitrogens is 1. The Bertz CT molecular complexity index is 876. The maximum atomic E-state index is 10.5. The molecule has 4 nitrogen and oxygen atoms in total. The van der Waals surface area contributed by atoms with E-state index in [-0.39, 0.29) is 6.61 Å². The first kappa shape index (κ1) is 16.6. The highest BCUT2D eigenvalue weighted by Crippen LogP contribution is 2.31. The van der Waals surface area contributed by atoms with Crippen LogP contribution in [0.4, 0.5) is 0 Å². The van der Waals surface area contributed by atoms with Gasteiger partial charge in [-0.25, -0.2) is 0 Å². The normalized spacial score (nSPS) is 15.1. The molecule has 0 aliphatic carbocycles. The van der Waals surface area contributed by atoms with Crippen molar-refractivity contribution >= 4 is 26.8 Å². The monoisotopic (exact) mass is 400 g/mol. The molecule has 0 bridgehead atoms. The van der Waals surface area contributed by atoms with Gasteiger partial charge in [-0.15, -0.1) is 0 Å². The number of nitrogens with one attached hydrogen (secondary N) is 1. The van der Waals surface area contributed by atoms with E-state index < -0.39 is 6.10 Å². The van der Waals surface area contributed by atoms with Crippen molar-refractivity contribution in [1.82, 2.24) is 9.88 Å². The van der Waals surface area contributed by atoms with E-state index in [1.54, 1.807) is 0 Å². The van der Waals surface area contributed by atoms with E-state index >= 15 is 0 Å². The van der Waals surface area contributed by atoms with Gasteiger partial charge in [-0.2, -0.15) is 0 Å². The van der Waals surface area contributed by atoms with Crippen molar-refractivity contribution in [3.05, 3.63) is 64.3 Å². The Hall–Kier alpha value is -1.82. The molecule has 3 aromatic rings. The summed E-state index contributed by atoms with van der Waals surface area (Å²) in [6, 6.07) is 16.0. The zero-order valence-electron chi connectivity index (χ0n) is 13.9. The van der Waals surface area contributed by atoms with E-state index in [0.717, 1.165) is 29.7 Å². The molecule has 1 unspecified atom stereocenters. The summed E-state index contributed by atoms with van der Waals surface area (Å²) in [5.74, 6) is 0.786. The summed E-state index contributed by atoms with van der Waals surface area (Å²) >= 11 is 3.57. The molecule has 1 aliphatic heterocycles. The van der Waals surface area contributed by atoms with Crippen molar-refractivity contribution in [1.29, 1.82) is 0 Å². The fraction of sp³-hybridized carbons (Fsp3) is 0.300. The van der Waals surface area contributed by atoms with Gasteiger partial charge in [0.15, 0.2) is 0 Å². The van der Waals surface area contributed by atoms with E-state index in [2.05, 4.69) is 44.0 Å². The number of hydrogen-bond donors (Lipinski definition) is 2. The molecule has 5 heteroatoms. The number of halogens is 1. The second-order valence-corrected chi connectivity index (χ2v) is 7.32. The largest absolute Gasteiger partial charge is 0.491 e. The minimum Gasteiger partial charge on any atom is -0.491 e. The Morgan fingerprint density at radius 2 is 2.04 bits per heavy atom. The zero-order chi connectivity index (χ0) is 17.2. The van der Waals surface area contributed by atoms with E-state index in [0.29, 0.717) is 6.54 Å². The summed E-state index contributed by atoms with van der Waals surface area (Å²) in [5, 5.41) is 15.2.